The van der Waals surface area contributed by atoms with Crippen LogP contribution < -0.4 is 10.6 Å². The molecule has 3 N–H and O–H groups in total. The second-order valence-electron chi connectivity index (χ2n) is 9.64. The minimum atomic E-state index is -1.27. The highest BCUT2D eigenvalue weighted by Gasteiger charge is 2.46. The third-order valence-corrected chi connectivity index (χ3v) is 7.54. The van der Waals surface area contributed by atoms with Crippen molar-refractivity contribution < 1.29 is 29.0 Å². The summed E-state index contributed by atoms with van der Waals surface area (Å²) in [4.78, 5) is 37.8. The number of benzene rings is 2. The highest BCUT2D eigenvalue weighted by molar-refractivity contribution is 5.91. The smallest absolute Gasteiger partial charge is 0.408 e. The van der Waals surface area contributed by atoms with E-state index >= 15 is 0 Å². The summed E-state index contributed by atoms with van der Waals surface area (Å²) in [6.07, 6.45) is 2.43. The monoisotopic (exact) mass is 478 g/mol. The number of carboxylic acid groups (broad SMARTS) is 1. The average Bonchev–Trinajstić information content (AvgIpc) is 3.46. The topological polar surface area (TPSA) is 114 Å². The molecule has 2 amide bonds. The fourth-order valence-electron chi connectivity index (χ4n) is 5.64. The van der Waals surface area contributed by atoms with Crippen molar-refractivity contribution in [3.63, 3.8) is 0 Å². The van der Waals surface area contributed by atoms with Crippen LogP contribution in [0.15, 0.2) is 48.5 Å². The van der Waals surface area contributed by atoms with Crippen LogP contribution in [0.25, 0.3) is 11.1 Å². The van der Waals surface area contributed by atoms with Crippen LogP contribution in [0.4, 0.5) is 4.79 Å². The van der Waals surface area contributed by atoms with Crippen molar-refractivity contribution in [3.05, 3.63) is 59.7 Å². The van der Waals surface area contributed by atoms with Crippen LogP contribution in [-0.2, 0) is 19.1 Å². The van der Waals surface area contributed by atoms with E-state index in [0.29, 0.717) is 25.9 Å². The molecule has 8 heteroatoms. The highest BCUT2D eigenvalue weighted by Crippen LogP contribution is 2.44. The first-order valence-electron chi connectivity index (χ1n) is 12.2. The van der Waals surface area contributed by atoms with Crippen molar-refractivity contribution in [2.45, 2.75) is 49.6 Å². The molecule has 1 saturated carbocycles. The molecule has 0 aromatic heterocycles. The predicted octanol–water partition coefficient (Wildman–Crippen LogP) is 3.44. The Bertz CT molecular complexity index is 1080. The van der Waals surface area contributed by atoms with Gasteiger partial charge in [0.05, 0.1) is 12.5 Å². The molecular formula is C27H30N2O6. The molecule has 0 bridgehead atoms. The predicted molar refractivity (Wildman–Crippen MR) is 128 cm³/mol. The summed E-state index contributed by atoms with van der Waals surface area (Å²) in [5.74, 6) is -2.03. The zero-order valence-corrected chi connectivity index (χ0v) is 19.5. The van der Waals surface area contributed by atoms with Gasteiger partial charge in [-0.3, -0.25) is 9.59 Å². The Hall–Kier alpha value is -3.39. The Morgan fingerprint density at radius 3 is 2.29 bits per heavy atom. The maximum atomic E-state index is 13.3. The number of hydrogen-bond donors (Lipinski definition) is 3. The number of ether oxygens (including phenoxy) is 2. The lowest BCUT2D eigenvalue weighted by Crippen LogP contribution is -2.62. The van der Waals surface area contributed by atoms with E-state index in [0.717, 1.165) is 35.1 Å². The Labute approximate surface area is 204 Å². The van der Waals surface area contributed by atoms with Gasteiger partial charge in [-0.15, -0.1) is 0 Å². The van der Waals surface area contributed by atoms with Crippen LogP contribution in [0, 0.1) is 5.92 Å². The zero-order chi connectivity index (χ0) is 24.4. The lowest BCUT2D eigenvalue weighted by Gasteiger charge is -2.34. The summed E-state index contributed by atoms with van der Waals surface area (Å²) in [6.45, 7) is 0.486. The maximum Gasteiger partial charge on any atom is 0.408 e. The summed E-state index contributed by atoms with van der Waals surface area (Å²) in [6, 6.07) is 15.7. The Balaban J connectivity index is 1.26. The van der Waals surface area contributed by atoms with Crippen LogP contribution in [0.5, 0.6) is 0 Å². The van der Waals surface area contributed by atoms with E-state index < -0.39 is 35.5 Å². The molecule has 0 radical (unpaired) electrons. The van der Waals surface area contributed by atoms with Crippen molar-refractivity contribution >= 4 is 18.0 Å². The van der Waals surface area contributed by atoms with E-state index in [-0.39, 0.29) is 19.1 Å². The van der Waals surface area contributed by atoms with Gasteiger partial charge in [-0.2, -0.15) is 0 Å². The van der Waals surface area contributed by atoms with Crippen molar-refractivity contribution in [1.82, 2.24) is 10.6 Å². The number of carbonyl (C=O) groups excluding carboxylic acids is 2. The van der Waals surface area contributed by atoms with Crippen molar-refractivity contribution in [1.29, 1.82) is 0 Å². The lowest BCUT2D eigenvalue weighted by molar-refractivity contribution is -0.144. The van der Waals surface area contributed by atoms with E-state index in [2.05, 4.69) is 22.8 Å². The molecule has 3 atom stereocenters. The van der Waals surface area contributed by atoms with Crippen molar-refractivity contribution in [3.8, 4) is 11.1 Å². The molecule has 35 heavy (non-hydrogen) atoms. The summed E-state index contributed by atoms with van der Waals surface area (Å²) in [5, 5.41) is 15.2. The third-order valence-electron chi connectivity index (χ3n) is 7.54. The van der Waals surface area contributed by atoms with Gasteiger partial charge in [0.2, 0.25) is 5.91 Å². The third kappa shape index (κ3) is 4.50. The average molecular weight is 479 g/mol. The van der Waals surface area contributed by atoms with Gasteiger partial charge >= 0.3 is 12.1 Å². The number of hydrogen-bond acceptors (Lipinski definition) is 5. The van der Waals surface area contributed by atoms with Gasteiger partial charge in [-0.1, -0.05) is 61.4 Å². The number of carbonyl (C=O) groups is 3. The molecule has 2 aromatic rings. The number of carboxylic acids is 1. The van der Waals surface area contributed by atoms with Crippen LogP contribution in [-0.4, -0.2) is 54.5 Å². The molecule has 8 nitrogen and oxygen atoms in total. The van der Waals surface area contributed by atoms with Crippen LogP contribution in [0.2, 0.25) is 0 Å². The van der Waals surface area contributed by atoms with E-state index in [9.17, 15) is 19.5 Å². The maximum absolute atomic E-state index is 13.3. The first-order valence-corrected chi connectivity index (χ1v) is 12.2. The van der Waals surface area contributed by atoms with Gasteiger partial charge in [0.15, 0.2) is 0 Å². The van der Waals surface area contributed by atoms with Gasteiger partial charge in [0, 0.05) is 25.0 Å². The van der Waals surface area contributed by atoms with Gasteiger partial charge in [0.25, 0.3) is 0 Å². The standard InChI is InChI=1S/C27H30N2O6/c30-24(31)21-11-5-6-12-23(21)28-25(32)27(13-14-34-16-27)29-26(33)35-15-22-19-9-3-1-7-17(19)18-8-2-4-10-20(18)22/h1-4,7-10,21-23H,5-6,11-16H2,(H,28,32)(H,29,33)(H,30,31). The summed E-state index contributed by atoms with van der Waals surface area (Å²) in [5.41, 5.74) is 3.21. The van der Waals surface area contributed by atoms with Gasteiger partial charge in [-0.25, -0.2) is 4.79 Å². The molecule has 1 saturated heterocycles. The number of aliphatic carboxylic acids is 1. The fourth-order valence-corrected chi connectivity index (χ4v) is 5.64. The van der Waals surface area contributed by atoms with Gasteiger partial charge in [-0.05, 0) is 35.1 Å². The van der Waals surface area contributed by atoms with E-state index in [1.54, 1.807) is 0 Å². The molecule has 2 aromatic carbocycles. The summed E-state index contributed by atoms with van der Waals surface area (Å²) < 4.78 is 11.1. The summed E-state index contributed by atoms with van der Waals surface area (Å²) in [7, 11) is 0. The van der Waals surface area contributed by atoms with Crippen molar-refractivity contribution in [2.75, 3.05) is 19.8 Å². The van der Waals surface area contributed by atoms with E-state index in [1.165, 1.54) is 0 Å². The molecule has 3 unspecified atom stereocenters. The highest BCUT2D eigenvalue weighted by atomic mass is 16.6. The van der Waals surface area contributed by atoms with E-state index in [4.69, 9.17) is 9.47 Å². The Kier molecular flexibility index (Phi) is 6.47. The lowest BCUT2D eigenvalue weighted by atomic mass is 9.83. The molecule has 1 heterocycles. The number of fused-ring (bicyclic) bond motifs is 3. The quantitative estimate of drug-likeness (QED) is 0.586. The zero-order valence-electron chi connectivity index (χ0n) is 19.5. The second-order valence-corrected chi connectivity index (χ2v) is 9.64. The molecule has 3 aliphatic rings. The molecule has 1 aliphatic heterocycles. The van der Waals surface area contributed by atoms with Crippen molar-refractivity contribution in [2.24, 2.45) is 5.92 Å². The molecule has 2 aliphatic carbocycles. The first-order chi connectivity index (χ1) is 17.0. The molecule has 0 spiro atoms. The normalized spacial score (nSPS) is 25.4. The number of rotatable bonds is 6. The largest absolute Gasteiger partial charge is 0.481 e. The number of nitrogens with one attached hydrogen (secondary N) is 2. The molecule has 184 valence electrons. The molecule has 5 rings (SSSR count). The van der Waals surface area contributed by atoms with Crippen LogP contribution in [0.1, 0.15) is 49.1 Å². The minimum absolute atomic E-state index is 0.0213. The first kappa shape index (κ1) is 23.4. The second kappa shape index (κ2) is 9.70. The summed E-state index contributed by atoms with van der Waals surface area (Å²) >= 11 is 0. The van der Waals surface area contributed by atoms with Crippen LogP contribution >= 0.6 is 0 Å². The van der Waals surface area contributed by atoms with Crippen LogP contribution in [0.3, 0.4) is 0 Å². The SMILES string of the molecule is O=C(NC1(C(=O)NC2CCCCC2C(=O)O)CCOC1)OCC1c2ccccc2-c2ccccc21. The van der Waals surface area contributed by atoms with E-state index in [1.807, 2.05) is 36.4 Å². The minimum Gasteiger partial charge on any atom is -0.481 e. The van der Waals surface area contributed by atoms with Gasteiger partial charge < -0.3 is 25.2 Å². The Morgan fingerprint density at radius 1 is 1.00 bits per heavy atom. The molecular weight excluding hydrogens is 448 g/mol. The van der Waals surface area contributed by atoms with Gasteiger partial charge in [0.1, 0.15) is 12.1 Å². The fraction of sp³-hybridized carbons (Fsp3) is 0.444. The Morgan fingerprint density at radius 2 is 1.66 bits per heavy atom. The number of amides is 2. The molecule has 2 fully saturated rings. The number of alkyl carbamates (subject to hydrolysis) is 1.